The van der Waals surface area contributed by atoms with Crippen molar-refractivity contribution in [1.29, 1.82) is 0 Å². The van der Waals surface area contributed by atoms with E-state index >= 15 is 0 Å². The monoisotopic (exact) mass is 288 g/mol. The zero-order valence-electron chi connectivity index (χ0n) is 10.0. The molecule has 0 atom stereocenters. The first-order valence-corrected chi connectivity index (χ1v) is 6.34. The standard InChI is InChI=1S/C12H11F3N2OS/c1-7-9(4-5-18)17-11(19-7)10-3-2-8(6-16-10)12(13,14)15/h2-3,6,18H,4-5H2,1H3. The van der Waals surface area contributed by atoms with E-state index in [0.29, 0.717) is 17.1 Å². The zero-order chi connectivity index (χ0) is 14.0. The number of rotatable bonds is 3. The average Bonchev–Trinajstić information content (AvgIpc) is 2.71. The maximum Gasteiger partial charge on any atom is 0.417 e. The fourth-order valence-electron chi connectivity index (χ4n) is 1.56. The summed E-state index contributed by atoms with van der Waals surface area (Å²) >= 11 is 1.35. The Morgan fingerprint density at radius 3 is 2.58 bits per heavy atom. The molecule has 2 heterocycles. The maximum atomic E-state index is 12.4. The molecule has 2 aromatic heterocycles. The van der Waals surface area contributed by atoms with E-state index in [1.54, 1.807) is 0 Å². The molecule has 0 spiro atoms. The van der Waals surface area contributed by atoms with E-state index in [2.05, 4.69) is 9.97 Å². The lowest BCUT2D eigenvalue weighted by Crippen LogP contribution is -2.05. The summed E-state index contributed by atoms with van der Waals surface area (Å²) in [5.41, 5.74) is 0.384. The van der Waals surface area contributed by atoms with Gasteiger partial charge >= 0.3 is 6.18 Å². The van der Waals surface area contributed by atoms with Crippen molar-refractivity contribution in [2.24, 2.45) is 0 Å². The molecule has 0 amide bonds. The fourth-order valence-corrected chi connectivity index (χ4v) is 2.50. The summed E-state index contributed by atoms with van der Waals surface area (Å²) in [5.74, 6) is 0. The van der Waals surface area contributed by atoms with Gasteiger partial charge in [0.05, 0.1) is 17.0 Å². The topological polar surface area (TPSA) is 46.0 Å². The highest BCUT2D eigenvalue weighted by Crippen LogP contribution is 2.31. The molecule has 0 radical (unpaired) electrons. The first kappa shape index (κ1) is 14.0. The first-order valence-electron chi connectivity index (χ1n) is 5.52. The Hall–Kier alpha value is -1.47. The molecule has 102 valence electrons. The molecular formula is C12H11F3N2OS. The van der Waals surface area contributed by atoms with Gasteiger partial charge in [-0.3, -0.25) is 4.98 Å². The minimum absolute atomic E-state index is 0.00947. The minimum Gasteiger partial charge on any atom is -0.396 e. The van der Waals surface area contributed by atoms with Gasteiger partial charge in [0, 0.05) is 24.1 Å². The van der Waals surface area contributed by atoms with Crippen molar-refractivity contribution in [2.75, 3.05) is 6.61 Å². The lowest BCUT2D eigenvalue weighted by molar-refractivity contribution is -0.137. The minimum atomic E-state index is -4.38. The van der Waals surface area contributed by atoms with Gasteiger partial charge < -0.3 is 5.11 Å². The number of aliphatic hydroxyl groups excluding tert-OH is 1. The number of aromatic nitrogens is 2. The third-order valence-electron chi connectivity index (χ3n) is 2.55. The Bertz CT molecular complexity index is 563. The van der Waals surface area contributed by atoms with E-state index in [1.807, 2.05) is 6.92 Å². The highest BCUT2D eigenvalue weighted by atomic mass is 32.1. The molecule has 0 bridgehead atoms. The van der Waals surface area contributed by atoms with Gasteiger partial charge in [0.15, 0.2) is 0 Å². The van der Waals surface area contributed by atoms with Gasteiger partial charge in [-0.1, -0.05) is 0 Å². The Morgan fingerprint density at radius 2 is 2.05 bits per heavy atom. The van der Waals surface area contributed by atoms with Crippen LogP contribution in [0.1, 0.15) is 16.1 Å². The second kappa shape index (κ2) is 5.26. The van der Waals surface area contributed by atoms with E-state index in [-0.39, 0.29) is 6.61 Å². The van der Waals surface area contributed by atoms with Crippen molar-refractivity contribution < 1.29 is 18.3 Å². The van der Waals surface area contributed by atoms with Gasteiger partial charge in [-0.25, -0.2) is 4.98 Å². The van der Waals surface area contributed by atoms with Crippen molar-refractivity contribution in [3.63, 3.8) is 0 Å². The van der Waals surface area contributed by atoms with Crippen LogP contribution >= 0.6 is 11.3 Å². The van der Waals surface area contributed by atoms with Gasteiger partial charge in [-0.05, 0) is 19.1 Å². The molecule has 7 heteroatoms. The SMILES string of the molecule is Cc1sc(-c2ccc(C(F)(F)F)cn2)nc1CCO. The maximum absolute atomic E-state index is 12.4. The van der Waals surface area contributed by atoms with E-state index in [0.717, 1.165) is 22.8 Å². The molecule has 0 fully saturated rings. The molecule has 0 saturated carbocycles. The Morgan fingerprint density at radius 1 is 1.32 bits per heavy atom. The van der Waals surface area contributed by atoms with E-state index in [9.17, 15) is 13.2 Å². The second-order valence-electron chi connectivity index (χ2n) is 3.93. The summed E-state index contributed by atoms with van der Waals surface area (Å²) in [4.78, 5) is 9.01. The highest BCUT2D eigenvalue weighted by molar-refractivity contribution is 7.15. The Kier molecular flexibility index (Phi) is 3.86. The second-order valence-corrected chi connectivity index (χ2v) is 5.13. The van der Waals surface area contributed by atoms with Crippen LogP contribution in [0.5, 0.6) is 0 Å². The lowest BCUT2D eigenvalue weighted by atomic mass is 10.2. The van der Waals surface area contributed by atoms with E-state index in [4.69, 9.17) is 5.11 Å². The van der Waals surface area contributed by atoms with Crippen LogP contribution in [0.15, 0.2) is 18.3 Å². The fraction of sp³-hybridized carbons (Fsp3) is 0.333. The molecule has 19 heavy (non-hydrogen) atoms. The third-order valence-corrected chi connectivity index (χ3v) is 3.59. The molecule has 2 rings (SSSR count). The van der Waals surface area contributed by atoms with E-state index in [1.165, 1.54) is 17.4 Å². The van der Waals surface area contributed by atoms with Crippen LogP contribution < -0.4 is 0 Å². The van der Waals surface area contributed by atoms with Crippen LogP contribution in [0.3, 0.4) is 0 Å². The number of hydrogen-bond donors (Lipinski definition) is 1. The van der Waals surface area contributed by atoms with Crippen LogP contribution in [0.25, 0.3) is 10.7 Å². The number of thiazole rings is 1. The summed E-state index contributed by atoms with van der Waals surface area (Å²) in [6.45, 7) is 1.85. The zero-order valence-corrected chi connectivity index (χ0v) is 10.8. The summed E-state index contributed by atoms with van der Waals surface area (Å²) in [6.07, 6.45) is -3.15. The summed E-state index contributed by atoms with van der Waals surface area (Å²) in [7, 11) is 0. The molecular weight excluding hydrogens is 277 g/mol. The Balaban J connectivity index is 2.30. The van der Waals surface area contributed by atoms with Crippen molar-refractivity contribution in [3.05, 3.63) is 34.5 Å². The lowest BCUT2D eigenvalue weighted by Gasteiger charge is -2.05. The van der Waals surface area contributed by atoms with Crippen molar-refractivity contribution in [3.8, 4) is 10.7 Å². The molecule has 1 N–H and O–H groups in total. The van der Waals surface area contributed by atoms with Crippen molar-refractivity contribution >= 4 is 11.3 Å². The highest BCUT2D eigenvalue weighted by Gasteiger charge is 2.30. The van der Waals surface area contributed by atoms with Gasteiger partial charge in [-0.15, -0.1) is 11.3 Å². The molecule has 0 aromatic carbocycles. The predicted octanol–water partition coefficient (Wildman–Crippen LogP) is 3.07. The molecule has 3 nitrogen and oxygen atoms in total. The van der Waals surface area contributed by atoms with Crippen LogP contribution in [-0.2, 0) is 12.6 Å². The van der Waals surface area contributed by atoms with Crippen LogP contribution in [0, 0.1) is 6.92 Å². The molecule has 0 aliphatic carbocycles. The van der Waals surface area contributed by atoms with Crippen molar-refractivity contribution in [2.45, 2.75) is 19.5 Å². The number of aryl methyl sites for hydroxylation is 1. The van der Waals surface area contributed by atoms with Crippen LogP contribution in [0.2, 0.25) is 0 Å². The van der Waals surface area contributed by atoms with Crippen molar-refractivity contribution in [1.82, 2.24) is 9.97 Å². The predicted molar refractivity (Wildman–Crippen MR) is 65.9 cm³/mol. The number of nitrogens with zero attached hydrogens (tertiary/aromatic N) is 2. The smallest absolute Gasteiger partial charge is 0.396 e. The number of alkyl halides is 3. The molecule has 0 unspecified atom stereocenters. The normalized spacial score (nSPS) is 11.8. The number of halogens is 3. The molecule has 0 aliphatic rings. The number of aliphatic hydroxyl groups is 1. The van der Waals surface area contributed by atoms with E-state index < -0.39 is 11.7 Å². The molecule has 0 aliphatic heterocycles. The Labute approximate surface area is 111 Å². The average molecular weight is 288 g/mol. The van der Waals surface area contributed by atoms with Crippen LogP contribution in [-0.4, -0.2) is 21.7 Å². The summed E-state index contributed by atoms with van der Waals surface area (Å²) in [5, 5.41) is 9.44. The van der Waals surface area contributed by atoms with Gasteiger partial charge in [-0.2, -0.15) is 13.2 Å². The van der Waals surface area contributed by atoms with Crippen LogP contribution in [0.4, 0.5) is 13.2 Å². The number of hydrogen-bond acceptors (Lipinski definition) is 4. The third kappa shape index (κ3) is 3.10. The number of pyridine rings is 1. The largest absolute Gasteiger partial charge is 0.417 e. The summed E-state index contributed by atoms with van der Waals surface area (Å²) < 4.78 is 37.2. The van der Waals surface area contributed by atoms with Gasteiger partial charge in [0.2, 0.25) is 0 Å². The first-order chi connectivity index (χ1) is 8.91. The van der Waals surface area contributed by atoms with Gasteiger partial charge in [0.1, 0.15) is 5.01 Å². The molecule has 2 aromatic rings. The quantitative estimate of drug-likeness (QED) is 0.944. The summed E-state index contributed by atoms with van der Waals surface area (Å²) in [6, 6.07) is 2.30. The van der Waals surface area contributed by atoms with Gasteiger partial charge in [0.25, 0.3) is 0 Å². The molecule has 0 saturated heterocycles.